The highest BCUT2D eigenvalue weighted by Crippen LogP contribution is 2.25. The normalized spacial score (nSPS) is 12.4. The smallest absolute Gasteiger partial charge is 0.216 e. The van der Waals surface area contributed by atoms with Crippen LogP contribution in [0.5, 0.6) is 11.5 Å². The molecule has 0 aliphatic heterocycles. The van der Waals surface area contributed by atoms with Crippen molar-refractivity contribution >= 4 is 27.6 Å². The standard InChI is InChI=1S/C9H11NO3S2/c10-6(9(13)15-14)3-5-1-2-7(11)8(12)4-5/h1-2,4,6,11-12,14H,3,10H2. The Morgan fingerprint density at radius 3 is 2.67 bits per heavy atom. The summed E-state index contributed by atoms with van der Waals surface area (Å²) < 4.78 is 0. The third-order valence-electron chi connectivity index (χ3n) is 1.89. The van der Waals surface area contributed by atoms with Gasteiger partial charge in [0.15, 0.2) is 11.5 Å². The Morgan fingerprint density at radius 2 is 2.13 bits per heavy atom. The number of carbonyl (C=O) groups is 1. The minimum absolute atomic E-state index is 0.192. The summed E-state index contributed by atoms with van der Waals surface area (Å²) in [6.45, 7) is 0. The number of nitrogens with two attached hydrogens (primary N) is 1. The summed E-state index contributed by atoms with van der Waals surface area (Å²) in [5.74, 6) is -0.409. The lowest BCUT2D eigenvalue weighted by molar-refractivity contribution is -0.111. The summed E-state index contributed by atoms with van der Waals surface area (Å²) in [4.78, 5) is 11.1. The van der Waals surface area contributed by atoms with Crippen molar-refractivity contribution in [2.75, 3.05) is 0 Å². The summed E-state index contributed by atoms with van der Waals surface area (Å²) in [5.41, 5.74) is 6.27. The van der Waals surface area contributed by atoms with E-state index in [0.29, 0.717) is 12.0 Å². The summed E-state index contributed by atoms with van der Waals surface area (Å²) in [6, 6.07) is 3.68. The minimum atomic E-state index is -0.656. The van der Waals surface area contributed by atoms with Crippen LogP contribution in [0.3, 0.4) is 0 Å². The molecule has 0 fully saturated rings. The maximum atomic E-state index is 11.1. The van der Waals surface area contributed by atoms with E-state index in [-0.39, 0.29) is 16.6 Å². The molecule has 0 amide bonds. The number of aromatic hydroxyl groups is 2. The highest BCUT2D eigenvalue weighted by atomic mass is 33.1. The van der Waals surface area contributed by atoms with Gasteiger partial charge in [-0.3, -0.25) is 4.79 Å². The average Bonchev–Trinajstić information content (AvgIpc) is 2.22. The second kappa shape index (κ2) is 5.29. The van der Waals surface area contributed by atoms with E-state index in [1.54, 1.807) is 6.07 Å². The molecule has 1 atom stereocenters. The maximum Gasteiger partial charge on any atom is 0.216 e. The average molecular weight is 245 g/mol. The van der Waals surface area contributed by atoms with Gasteiger partial charge < -0.3 is 15.9 Å². The van der Waals surface area contributed by atoms with Gasteiger partial charge in [-0.05, 0) is 34.9 Å². The molecule has 0 aliphatic rings. The molecule has 0 aliphatic carbocycles. The molecule has 0 spiro atoms. The van der Waals surface area contributed by atoms with Crippen molar-refractivity contribution < 1.29 is 15.0 Å². The Balaban J connectivity index is 2.73. The number of phenols is 2. The molecule has 0 heterocycles. The number of carbonyl (C=O) groups excluding carboxylic acids is 1. The van der Waals surface area contributed by atoms with Crippen molar-refractivity contribution in [1.29, 1.82) is 0 Å². The van der Waals surface area contributed by atoms with Gasteiger partial charge in [-0.2, -0.15) is 0 Å². The fourth-order valence-corrected chi connectivity index (χ4v) is 1.73. The van der Waals surface area contributed by atoms with Crippen molar-refractivity contribution in [1.82, 2.24) is 0 Å². The van der Waals surface area contributed by atoms with Crippen LogP contribution in [0.25, 0.3) is 0 Å². The van der Waals surface area contributed by atoms with Gasteiger partial charge in [0.2, 0.25) is 5.12 Å². The first kappa shape index (κ1) is 12.2. The van der Waals surface area contributed by atoms with Gasteiger partial charge in [-0.15, -0.1) is 11.7 Å². The molecule has 0 radical (unpaired) electrons. The predicted octanol–water partition coefficient (Wildman–Crippen LogP) is 1.07. The van der Waals surface area contributed by atoms with Crippen LogP contribution in [0, 0.1) is 0 Å². The number of benzene rings is 1. The van der Waals surface area contributed by atoms with Crippen LogP contribution >= 0.6 is 22.5 Å². The first-order valence-corrected chi connectivity index (χ1v) is 6.03. The number of rotatable bonds is 3. The van der Waals surface area contributed by atoms with E-state index in [1.165, 1.54) is 12.1 Å². The van der Waals surface area contributed by atoms with Gasteiger partial charge in [-0.1, -0.05) is 6.07 Å². The lowest BCUT2D eigenvalue weighted by Crippen LogP contribution is -2.29. The van der Waals surface area contributed by atoms with Gasteiger partial charge in [0.05, 0.1) is 6.04 Å². The topological polar surface area (TPSA) is 83.6 Å². The second-order valence-corrected chi connectivity index (χ2v) is 4.18. The highest BCUT2D eigenvalue weighted by molar-refractivity contribution is 8.74. The van der Waals surface area contributed by atoms with Gasteiger partial charge in [0.25, 0.3) is 0 Å². The first-order chi connectivity index (χ1) is 7.04. The van der Waals surface area contributed by atoms with Crippen LogP contribution in [0.2, 0.25) is 0 Å². The lowest BCUT2D eigenvalue weighted by Gasteiger charge is -2.08. The fraction of sp³-hybridized carbons (Fsp3) is 0.222. The zero-order valence-corrected chi connectivity index (χ0v) is 9.46. The van der Waals surface area contributed by atoms with E-state index in [2.05, 4.69) is 11.7 Å². The molecule has 6 heteroatoms. The number of thiol groups is 1. The van der Waals surface area contributed by atoms with Crippen LogP contribution in [-0.4, -0.2) is 21.4 Å². The Bertz CT molecular complexity index is 370. The molecule has 1 aromatic rings. The first-order valence-electron chi connectivity index (χ1n) is 4.16. The molecule has 82 valence electrons. The van der Waals surface area contributed by atoms with E-state index in [4.69, 9.17) is 10.8 Å². The lowest BCUT2D eigenvalue weighted by atomic mass is 10.1. The molecular weight excluding hydrogens is 234 g/mol. The van der Waals surface area contributed by atoms with E-state index >= 15 is 0 Å². The van der Waals surface area contributed by atoms with Crippen molar-refractivity contribution in [3.05, 3.63) is 23.8 Å². The zero-order valence-electron chi connectivity index (χ0n) is 7.75. The summed E-state index contributed by atoms with van der Waals surface area (Å²) >= 11 is 3.76. The summed E-state index contributed by atoms with van der Waals surface area (Å²) in [7, 11) is 0.778. The highest BCUT2D eigenvalue weighted by Gasteiger charge is 2.14. The van der Waals surface area contributed by atoms with Crippen LogP contribution in [-0.2, 0) is 11.2 Å². The molecule has 4 nitrogen and oxygen atoms in total. The Labute approximate surface area is 96.3 Å². The van der Waals surface area contributed by atoms with Crippen LogP contribution in [0.1, 0.15) is 5.56 Å². The van der Waals surface area contributed by atoms with Crippen molar-refractivity contribution in [2.45, 2.75) is 12.5 Å². The minimum Gasteiger partial charge on any atom is -0.504 e. The largest absolute Gasteiger partial charge is 0.504 e. The second-order valence-electron chi connectivity index (χ2n) is 3.04. The Hall–Kier alpha value is -0.850. The maximum absolute atomic E-state index is 11.1. The van der Waals surface area contributed by atoms with Crippen molar-refractivity contribution in [3.63, 3.8) is 0 Å². The fourth-order valence-electron chi connectivity index (χ4n) is 1.10. The molecular formula is C9H11NO3S2. The SMILES string of the molecule is NC(Cc1ccc(O)c(O)c1)C(=O)SS. The predicted molar refractivity (Wildman–Crippen MR) is 63.0 cm³/mol. The monoisotopic (exact) mass is 245 g/mol. The molecule has 1 aromatic carbocycles. The molecule has 15 heavy (non-hydrogen) atoms. The van der Waals surface area contributed by atoms with E-state index in [9.17, 15) is 9.90 Å². The molecule has 1 unspecified atom stereocenters. The molecule has 0 saturated carbocycles. The summed E-state index contributed by atoms with van der Waals surface area (Å²) in [5, 5.41) is 18.1. The Morgan fingerprint density at radius 1 is 1.47 bits per heavy atom. The number of hydrogen-bond donors (Lipinski definition) is 4. The summed E-state index contributed by atoms with van der Waals surface area (Å²) in [6.07, 6.45) is 0.306. The Kier molecular flexibility index (Phi) is 4.31. The third kappa shape index (κ3) is 3.33. The molecule has 0 bridgehead atoms. The van der Waals surface area contributed by atoms with E-state index < -0.39 is 6.04 Å². The molecule has 0 saturated heterocycles. The van der Waals surface area contributed by atoms with Crippen molar-refractivity contribution in [3.8, 4) is 11.5 Å². The van der Waals surface area contributed by atoms with Crippen molar-refractivity contribution in [2.24, 2.45) is 5.73 Å². The van der Waals surface area contributed by atoms with Gasteiger partial charge in [0.1, 0.15) is 0 Å². The van der Waals surface area contributed by atoms with Crippen LogP contribution in [0.15, 0.2) is 18.2 Å². The quantitative estimate of drug-likeness (QED) is 0.364. The van der Waals surface area contributed by atoms with Gasteiger partial charge in [-0.25, -0.2) is 0 Å². The number of phenolic OH excluding ortho intramolecular Hbond substituents is 2. The molecule has 1 rings (SSSR count). The van der Waals surface area contributed by atoms with E-state index in [1.807, 2.05) is 0 Å². The van der Waals surface area contributed by atoms with E-state index in [0.717, 1.165) is 10.8 Å². The molecule has 0 aromatic heterocycles. The van der Waals surface area contributed by atoms with Crippen LogP contribution < -0.4 is 5.73 Å². The molecule has 4 N–H and O–H groups in total. The number of hydrogen-bond acceptors (Lipinski definition) is 6. The van der Waals surface area contributed by atoms with Crippen LogP contribution in [0.4, 0.5) is 0 Å². The van der Waals surface area contributed by atoms with Gasteiger partial charge >= 0.3 is 0 Å². The third-order valence-corrected chi connectivity index (χ3v) is 2.91. The zero-order chi connectivity index (χ0) is 11.4. The van der Waals surface area contributed by atoms with Gasteiger partial charge in [0, 0.05) is 0 Å².